The van der Waals surface area contributed by atoms with Crippen molar-refractivity contribution < 1.29 is 45.6 Å². The van der Waals surface area contributed by atoms with Gasteiger partial charge >= 0.3 is 12.2 Å². The summed E-state index contributed by atoms with van der Waals surface area (Å²) in [5.41, 5.74) is -1.20. The molecule has 1 saturated heterocycles. The van der Waals surface area contributed by atoms with Crippen LogP contribution in [0.5, 0.6) is 0 Å². The maximum atomic E-state index is 14.3. The summed E-state index contributed by atoms with van der Waals surface area (Å²) in [7, 11) is -2.37. The molecule has 7 atom stereocenters. The smallest absolute Gasteiger partial charge is 0.344 e. The van der Waals surface area contributed by atoms with Crippen LogP contribution in [0.15, 0.2) is 21.7 Å². The van der Waals surface area contributed by atoms with Gasteiger partial charge in [-0.2, -0.15) is 17.5 Å². The summed E-state index contributed by atoms with van der Waals surface area (Å²) in [4.78, 5) is 67.9. The number of hydrogen-bond donors (Lipinski definition) is 4. The lowest BCUT2D eigenvalue weighted by molar-refractivity contribution is -0.148. The highest BCUT2D eigenvalue weighted by Gasteiger charge is 2.70. The Balaban J connectivity index is 1.80. The standard InChI is InChI=1S/C33H51F3N6O7S2/c1-10-18(3)21(16-41(9)51(48,49)22-13-12-14-50-22)39-30(47)40-26(31(4,5)6)29(46)42-15-19-23(32(19,7)8)24(42)27(44)38-20(11-2)25(43)28(45)37-17-33(34,35)36/h12-14,18-21,23-24,26H,10-11,15-17H2,1-9H3,(H,37,45)(H,38,44)(H2,39,40,47)/t18-,19-,20?,21+,23-,24-,26+/m0/s1. The Morgan fingerprint density at radius 3 is 2.20 bits per heavy atom. The maximum absolute atomic E-state index is 14.3. The fraction of sp³-hybridized carbons (Fsp3) is 0.727. The third-order valence-electron chi connectivity index (χ3n) is 10.1. The van der Waals surface area contributed by atoms with Gasteiger partial charge in [-0.05, 0) is 46.5 Å². The van der Waals surface area contributed by atoms with Crippen molar-refractivity contribution in [2.24, 2.45) is 28.6 Å². The van der Waals surface area contributed by atoms with Crippen molar-refractivity contribution in [3.05, 3.63) is 17.5 Å². The van der Waals surface area contributed by atoms with Gasteiger partial charge in [0.25, 0.3) is 15.9 Å². The number of halogens is 3. The lowest BCUT2D eigenvalue weighted by atomic mass is 9.85. The summed E-state index contributed by atoms with van der Waals surface area (Å²) < 4.78 is 65.4. The number of piperidine rings is 1. The normalized spacial score (nSPS) is 22.3. The number of fused-ring (bicyclic) bond motifs is 1. The molecule has 1 saturated carbocycles. The van der Waals surface area contributed by atoms with Gasteiger partial charge in [-0.25, -0.2) is 13.2 Å². The summed E-state index contributed by atoms with van der Waals surface area (Å²) in [5.74, 6) is -4.54. The van der Waals surface area contributed by atoms with Gasteiger partial charge in [0, 0.05) is 26.2 Å². The van der Waals surface area contributed by atoms with E-state index in [0.29, 0.717) is 6.42 Å². The minimum Gasteiger partial charge on any atom is -0.344 e. The number of ketones is 1. The first-order valence-electron chi connectivity index (χ1n) is 16.9. The quantitative estimate of drug-likeness (QED) is 0.199. The van der Waals surface area contributed by atoms with Crippen molar-refractivity contribution in [2.45, 2.75) is 103 Å². The topological polar surface area (TPSA) is 174 Å². The molecular formula is C33H51F3N6O7S2. The van der Waals surface area contributed by atoms with E-state index in [4.69, 9.17) is 0 Å². The number of sulfonamides is 1. The largest absolute Gasteiger partial charge is 0.405 e. The first-order chi connectivity index (χ1) is 23.4. The highest BCUT2D eigenvalue weighted by molar-refractivity contribution is 7.91. The van der Waals surface area contributed by atoms with E-state index in [1.807, 2.05) is 27.7 Å². The van der Waals surface area contributed by atoms with Gasteiger partial charge in [0.15, 0.2) is 0 Å². The molecule has 1 aliphatic heterocycles. The van der Waals surface area contributed by atoms with E-state index in [1.54, 1.807) is 32.2 Å². The molecule has 1 unspecified atom stereocenters. The lowest BCUT2D eigenvalue weighted by Gasteiger charge is -2.38. The maximum Gasteiger partial charge on any atom is 0.405 e. The number of carbonyl (C=O) groups excluding carboxylic acids is 5. The monoisotopic (exact) mass is 764 g/mol. The number of urea groups is 1. The molecule has 2 aliphatic rings. The molecule has 0 bridgehead atoms. The number of alkyl halides is 3. The number of nitrogens with zero attached hydrogens (tertiary/aromatic N) is 2. The summed E-state index contributed by atoms with van der Waals surface area (Å²) in [5, 5.41) is 11.3. The van der Waals surface area contributed by atoms with Crippen LogP contribution in [-0.4, -0.2) is 104 Å². The van der Waals surface area contributed by atoms with Crippen LogP contribution in [0.3, 0.4) is 0 Å². The van der Waals surface area contributed by atoms with E-state index < -0.39 is 81.9 Å². The molecule has 51 heavy (non-hydrogen) atoms. The Labute approximate surface area is 301 Å². The van der Waals surface area contributed by atoms with Gasteiger partial charge in [0.05, 0.1) is 6.04 Å². The molecule has 0 spiro atoms. The van der Waals surface area contributed by atoms with E-state index in [2.05, 4.69) is 16.0 Å². The number of rotatable bonds is 15. The fourth-order valence-corrected chi connectivity index (χ4v) is 8.99. The molecule has 2 fully saturated rings. The number of hydrogen-bond acceptors (Lipinski definition) is 8. The molecule has 1 aromatic heterocycles. The number of amides is 5. The SMILES string of the molecule is CCC(NC(=O)[C@@H]1[C@@H]2[C@H](CN1C(=O)[C@@H](NC(=O)N[C@H](CN(C)S(=O)(=O)c1cccs1)[C@@H](C)CC)C(C)(C)C)C2(C)C)C(=O)C(=O)NCC(F)(F)F. The minimum absolute atomic E-state index is 0.0326. The predicted octanol–water partition coefficient (Wildman–Crippen LogP) is 3.12. The van der Waals surface area contributed by atoms with Gasteiger partial charge in [-0.15, -0.1) is 11.3 Å². The van der Waals surface area contributed by atoms with Gasteiger partial charge < -0.3 is 26.2 Å². The third-order valence-corrected chi connectivity index (χ3v) is 13.3. The lowest BCUT2D eigenvalue weighted by Crippen LogP contribution is -2.62. The zero-order valence-electron chi connectivity index (χ0n) is 30.5. The number of thiophene rings is 1. The van der Waals surface area contributed by atoms with E-state index in [1.165, 1.54) is 34.6 Å². The summed E-state index contributed by atoms with van der Waals surface area (Å²) in [6.07, 6.45) is -4.20. The molecule has 0 aromatic carbocycles. The highest BCUT2D eigenvalue weighted by atomic mass is 32.2. The molecule has 288 valence electrons. The second kappa shape index (κ2) is 15.8. The Bertz CT molecular complexity index is 1560. The van der Waals surface area contributed by atoms with Crippen molar-refractivity contribution in [3.8, 4) is 0 Å². The Morgan fingerprint density at radius 2 is 1.69 bits per heavy atom. The van der Waals surface area contributed by atoms with Gasteiger partial charge in [-0.1, -0.05) is 67.9 Å². The summed E-state index contributed by atoms with van der Waals surface area (Å²) >= 11 is 1.08. The van der Waals surface area contributed by atoms with Crippen LogP contribution in [0.4, 0.5) is 18.0 Å². The van der Waals surface area contributed by atoms with Gasteiger partial charge in [-0.3, -0.25) is 19.2 Å². The number of likely N-dealkylation sites (tertiary alicyclic amines) is 1. The van der Waals surface area contributed by atoms with Crippen molar-refractivity contribution in [1.29, 1.82) is 0 Å². The Morgan fingerprint density at radius 1 is 1.06 bits per heavy atom. The molecule has 2 heterocycles. The number of nitrogens with one attached hydrogen (secondary N) is 4. The summed E-state index contributed by atoms with van der Waals surface area (Å²) in [6, 6.07) is -1.84. The fourth-order valence-electron chi connectivity index (χ4n) is 6.60. The van der Waals surface area contributed by atoms with Gasteiger partial charge in [0.1, 0.15) is 22.8 Å². The first kappa shape index (κ1) is 42.2. The first-order valence-corrected chi connectivity index (χ1v) is 19.3. The van der Waals surface area contributed by atoms with Gasteiger partial charge in [0.2, 0.25) is 17.6 Å². The van der Waals surface area contributed by atoms with Crippen LogP contribution in [0.2, 0.25) is 0 Å². The van der Waals surface area contributed by atoms with Crippen LogP contribution in [0.1, 0.15) is 68.2 Å². The Kier molecular flexibility index (Phi) is 13.0. The second-order valence-corrected chi connectivity index (χ2v) is 18.4. The number of likely N-dealkylation sites (N-methyl/N-ethyl adjacent to an activating group) is 1. The van der Waals surface area contributed by atoms with Crippen LogP contribution in [-0.2, 0) is 29.2 Å². The molecule has 3 rings (SSSR count). The highest BCUT2D eigenvalue weighted by Crippen LogP contribution is 2.65. The van der Waals surface area contributed by atoms with Crippen LogP contribution in [0, 0.1) is 28.6 Å². The van der Waals surface area contributed by atoms with Crippen LogP contribution >= 0.6 is 11.3 Å². The van der Waals surface area contributed by atoms with Crippen molar-refractivity contribution in [3.63, 3.8) is 0 Å². The van der Waals surface area contributed by atoms with Crippen molar-refractivity contribution >= 4 is 50.9 Å². The predicted molar refractivity (Wildman–Crippen MR) is 185 cm³/mol. The van der Waals surface area contributed by atoms with Crippen molar-refractivity contribution in [2.75, 3.05) is 26.7 Å². The van der Waals surface area contributed by atoms with E-state index >= 15 is 0 Å². The zero-order valence-corrected chi connectivity index (χ0v) is 32.1. The molecule has 18 heteroatoms. The Hall–Kier alpha value is -3.25. The van der Waals surface area contributed by atoms with Crippen LogP contribution in [0.25, 0.3) is 0 Å². The third kappa shape index (κ3) is 9.80. The molecule has 4 N–H and O–H groups in total. The van der Waals surface area contributed by atoms with E-state index in [9.17, 15) is 45.6 Å². The molecule has 0 radical (unpaired) electrons. The summed E-state index contributed by atoms with van der Waals surface area (Å²) in [6.45, 7) is 12.8. The van der Waals surface area contributed by atoms with E-state index in [-0.39, 0.29) is 46.9 Å². The van der Waals surface area contributed by atoms with Crippen LogP contribution < -0.4 is 21.3 Å². The second-order valence-electron chi connectivity index (χ2n) is 15.1. The molecule has 13 nitrogen and oxygen atoms in total. The molecule has 1 aromatic rings. The molecule has 5 amide bonds. The van der Waals surface area contributed by atoms with Crippen molar-refractivity contribution in [1.82, 2.24) is 30.5 Å². The average molecular weight is 765 g/mol. The molecule has 1 aliphatic carbocycles. The minimum atomic E-state index is -4.73. The molecular weight excluding hydrogens is 714 g/mol. The number of Topliss-reactive ketones (excluding diaryl/α,β-unsaturated/α-hetero) is 1. The zero-order chi connectivity index (χ0) is 38.9. The average Bonchev–Trinajstić information content (AvgIpc) is 3.50. The van der Waals surface area contributed by atoms with E-state index in [0.717, 1.165) is 11.3 Å². The number of carbonyl (C=O) groups is 5.